The molecule has 1 rings (SSSR count). The van der Waals surface area contributed by atoms with E-state index in [1.54, 1.807) is 27.3 Å². The maximum absolute atomic E-state index is 10.7. The topological polar surface area (TPSA) is 78.1 Å². The summed E-state index contributed by atoms with van der Waals surface area (Å²) in [5, 5.41) is 6.31. The molecule has 0 spiro atoms. The lowest BCUT2D eigenvalue weighted by molar-refractivity contribution is -0.133. The van der Waals surface area contributed by atoms with E-state index in [9.17, 15) is 4.79 Å². The minimum atomic E-state index is -0.415. The van der Waals surface area contributed by atoms with E-state index >= 15 is 0 Å². The summed E-state index contributed by atoms with van der Waals surface area (Å²) in [6, 6.07) is -0.421. The lowest BCUT2D eigenvalue weighted by Crippen LogP contribution is -2.61. The third-order valence-corrected chi connectivity index (χ3v) is 3.82. The van der Waals surface area contributed by atoms with Gasteiger partial charge in [-0.1, -0.05) is 6.58 Å². The fourth-order valence-corrected chi connectivity index (χ4v) is 2.86. The van der Waals surface area contributed by atoms with Gasteiger partial charge in [0.05, 0.1) is 30.6 Å². The molecule has 0 saturated carbocycles. The zero-order chi connectivity index (χ0) is 18.1. The van der Waals surface area contributed by atoms with Crippen LogP contribution in [0.25, 0.3) is 0 Å². The van der Waals surface area contributed by atoms with Crippen molar-refractivity contribution in [2.24, 2.45) is 0 Å². The molecule has 0 aromatic rings. The minimum Gasteiger partial charge on any atom is -0.490 e. The lowest BCUT2D eigenvalue weighted by atomic mass is 9.92. The van der Waals surface area contributed by atoms with Gasteiger partial charge in [-0.15, -0.1) is 0 Å². The van der Waals surface area contributed by atoms with Crippen molar-refractivity contribution in [1.29, 1.82) is 0 Å². The number of hydrogen-bond acceptors (Lipinski definition) is 7. The van der Waals surface area contributed by atoms with Crippen LogP contribution < -0.4 is 10.6 Å². The van der Waals surface area contributed by atoms with Crippen LogP contribution in [-0.4, -0.2) is 64.3 Å². The van der Waals surface area contributed by atoms with Gasteiger partial charge in [0, 0.05) is 27.0 Å². The predicted molar refractivity (Wildman–Crippen MR) is 91.0 cm³/mol. The maximum atomic E-state index is 10.7. The summed E-state index contributed by atoms with van der Waals surface area (Å²) in [5.41, 5.74) is 0.806. The molecule has 4 unspecified atom stereocenters. The minimum absolute atomic E-state index is 0.136. The van der Waals surface area contributed by atoms with Gasteiger partial charge in [-0.25, -0.2) is 4.79 Å². The summed E-state index contributed by atoms with van der Waals surface area (Å²) in [6.45, 7) is 7.98. The molecule has 0 fully saturated rings. The third-order valence-electron chi connectivity index (χ3n) is 3.82. The fourth-order valence-electron chi connectivity index (χ4n) is 2.86. The highest BCUT2D eigenvalue weighted by atomic mass is 16.6. The molecule has 7 nitrogen and oxygen atoms in total. The van der Waals surface area contributed by atoms with Crippen LogP contribution in [0.5, 0.6) is 0 Å². The van der Waals surface area contributed by atoms with Gasteiger partial charge < -0.3 is 29.6 Å². The van der Waals surface area contributed by atoms with E-state index in [0.717, 1.165) is 11.5 Å². The van der Waals surface area contributed by atoms with Crippen LogP contribution in [0.2, 0.25) is 0 Å². The Balaban J connectivity index is 3.15. The summed E-state index contributed by atoms with van der Waals surface area (Å²) in [5.74, 6) is 2.49. The van der Waals surface area contributed by atoms with E-state index in [1.807, 2.05) is 19.9 Å². The number of allylic oxidation sites excluding steroid dienone is 2. The van der Waals surface area contributed by atoms with Crippen LogP contribution in [0.1, 0.15) is 13.8 Å². The van der Waals surface area contributed by atoms with Crippen LogP contribution in [-0.2, 0) is 23.7 Å². The highest BCUT2D eigenvalue weighted by molar-refractivity contribution is 5.44. The molecule has 0 aromatic heterocycles. The molecule has 0 aliphatic carbocycles. The molecule has 24 heavy (non-hydrogen) atoms. The van der Waals surface area contributed by atoms with Crippen molar-refractivity contribution in [2.45, 2.75) is 44.2 Å². The van der Waals surface area contributed by atoms with Gasteiger partial charge in [-0.05, 0) is 19.9 Å². The molecular weight excluding hydrogens is 312 g/mol. The molecule has 0 radical (unpaired) electrons. The number of nitrogens with one attached hydrogen (secondary N) is 2. The molecule has 2 N–H and O–H groups in total. The van der Waals surface area contributed by atoms with Gasteiger partial charge in [0.1, 0.15) is 24.3 Å². The number of hydrogen-bond donors (Lipinski definition) is 2. The smallest absolute Gasteiger partial charge is 0.149 e. The molecule has 7 heteroatoms. The van der Waals surface area contributed by atoms with Crippen molar-refractivity contribution in [2.75, 3.05) is 27.9 Å². The van der Waals surface area contributed by atoms with E-state index in [2.05, 4.69) is 17.2 Å². The second-order valence-electron chi connectivity index (χ2n) is 5.69. The van der Waals surface area contributed by atoms with Crippen molar-refractivity contribution < 1.29 is 23.7 Å². The molecule has 1 aliphatic rings. The summed E-state index contributed by atoms with van der Waals surface area (Å²) in [6.07, 6.45) is 2.01. The van der Waals surface area contributed by atoms with Crippen LogP contribution in [0.15, 0.2) is 30.3 Å². The molecule has 0 amide bonds. The highest BCUT2D eigenvalue weighted by Gasteiger charge is 2.42. The van der Waals surface area contributed by atoms with Gasteiger partial charge in [-0.3, -0.25) is 0 Å². The third kappa shape index (κ3) is 5.39. The van der Waals surface area contributed by atoms with Crippen molar-refractivity contribution >= 4 is 5.94 Å². The Labute approximate surface area is 143 Å². The first-order valence-corrected chi connectivity index (χ1v) is 7.75. The van der Waals surface area contributed by atoms with Gasteiger partial charge in [0.2, 0.25) is 0 Å². The Morgan fingerprint density at radius 1 is 1.46 bits per heavy atom. The zero-order valence-electron chi connectivity index (χ0n) is 15.0. The van der Waals surface area contributed by atoms with Gasteiger partial charge in [0.25, 0.3) is 0 Å². The average molecular weight is 340 g/mol. The van der Waals surface area contributed by atoms with Crippen molar-refractivity contribution in [3.05, 3.63) is 30.3 Å². The lowest BCUT2D eigenvalue weighted by Gasteiger charge is -2.42. The fraction of sp³-hybridized carbons (Fsp3) is 0.647. The molecule has 5 atom stereocenters. The predicted octanol–water partition coefficient (Wildman–Crippen LogP) is 0.761. The molecule has 1 heterocycles. The van der Waals surface area contributed by atoms with Gasteiger partial charge in [0.15, 0.2) is 0 Å². The Morgan fingerprint density at radius 3 is 2.67 bits per heavy atom. The molecule has 1 aliphatic heterocycles. The Morgan fingerprint density at radius 2 is 2.17 bits per heavy atom. The second-order valence-corrected chi connectivity index (χ2v) is 5.69. The zero-order valence-corrected chi connectivity index (χ0v) is 15.0. The van der Waals surface area contributed by atoms with E-state index < -0.39 is 12.2 Å². The molecule has 0 aromatic carbocycles. The number of rotatable bonds is 10. The molecule has 0 saturated heterocycles. The van der Waals surface area contributed by atoms with Crippen molar-refractivity contribution in [1.82, 2.24) is 10.6 Å². The van der Waals surface area contributed by atoms with E-state index in [-0.39, 0.29) is 18.2 Å². The number of methoxy groups -OCH3 is 3. The first-order chi connectivity index (χ1) is 11.5. The van der Waals surface area contributed by atoms with Crippen LogP contribution >= 0.6 is 0 Å². The highest BCUT2D eigenvalue weighted by Crippen LogP contribution is 2.25. The number of ether oxygens (including phenoxy) is 4. The Bertz CT molecular complexity index is 487. The summed E-state index contributed by atoms with van der Waals surface area (Å²) in [7, 11) is 4.79. The monoisotopic (exact) mass is 340 g/mol. The van der Waals surface area contributed by atoms with Crippen molar-refractivity contribution in [3.8, 4) is 0 Å². The normalized spacial score (nSPS) is 25.5. The van der Waals surface area contributed by atoms with Crippen LogP contribution in [0, 0.1) is 0 Å². The SMILES string of the molecule is C=C(C)NC1C=C(C)O[C@@H](C(OC)C(COC)OC)C1NC=C=O. The maximum Gasteiger partial charge on any atom is 0.149 e. The summed E-state index contributed by atoms with van der Waals surface area (Å²) < 4.78 is 22.4. The van der Waals surface area contributed by atoms with Gasteiger partial charge >= 0.3 is 0 Å². The van der Waals surface area contributed by atoms with Crippen molar-refractivity contribution in [3.63, 3.8) is 0 Å². The molecule has 0 bridgehead atoms. The number of carbonyl (C=O) groups excluding carboxylic acids is 1. The first kappa shape index (κ1) is 20.3. The summed E-state index contributed by atoms with van der Waals surface area (Å²) in [4.78, 5) is 10.7. The quantitative estimate of drug-likeness (QED) is 0.569. The molecule has 136 valence electrons. The Kier molecular flexibility index (Phi) is 8.57. The van der Waals surface area contributed by atoms with Crippen LogP contribution in [0.4, 0.5) is 0 Å². The Hall–Kier alpha value is -1.79. The second kappa shape index (κ2) is 10.2. The van der Waals surface area contributed by atoms with E-state index in [0.29, 0.717) is 6.61 Å². The largest absolute Gasteiger partial charge is 0.490 e. The van der Waals surface area contributed by atoms with Gasteiger partial charge in [-0.2, -0.15) is 0 Å². The standard InChI is InChI=1S/C17H28N2O5/c1-11(2)19-13-9-12(3)24-17(15(13)18-7-8-20)16(23-6)14(22-5)10-21-4/h7,9,13-19H,1,10H2,2-6H3/t13?,14?,15?,16?,17-/m1/s1. The average Bonchev–Trinajstić information content (AvgIpc) is 2.53. The first-order valence-electron chi connectivity index (χ1n) is 7.75. The van der Waals surface area contributed by atoms with Crippen LogP contribution in [0.3, 0.4) is 0 Å². The van der Waals surface area contributed by atoms with E-state index in [4.69, 9.17) is 18.9 Å². The van der Waals surface area contributed by atoms with E-state index in [1.165, 1.54) is 6.20 Å². The summed E-state index contributed by atoms with van der Waals surface area (Å²) >= 11 is 0. The molecular formula is C17H28N2O5.